The van der Waals surface area contributed by atoms with Gasteiger partial charge in [-0.1, -0.05) is 15.9 Å². The van der Waals surface area contributed by atoms with Crippen molar-refractivity contribution in [2.75, 3.05) is 0 Å². The molecule has 0 atom stereocenters. The van der Waals surface area contributed by atoms with Crippen LogP contribution < -0.4 is 4.72 Å². The minimum Gasteiger partial charge on any atom is -0.274 e. The first kappa shape index (κ1) is 12.1. The molecule has 0 aliphatic rings. The summed E-state index contributed by atoms with van der Waals surface area (Å²) in [6.07, 6.45) is 0. The molecule has 0 saturated carbocycles. The minimum atomic E-state index is -4.10. The van der Waals surface area contributed by atoms with E-state index < -0.39 is 26.6 Å². The van der Waals surface area contributed by atoms with E-state index in [1.54, 1.807) is 4.72 Å². The van der Waals surface area contributed by atoms with E-state index in [2.05, 4.69) is 15.9 Å². The SMILES string of the molecule is CC(=O)NS(=O)(=O)c1ccc(Br)cc1F. The summed E-state index contributed by atoms with van der Waals surface area (Å²) in [6, 6.07) is 3.46. The van der Waals surface area contributed by atoms with Crippen LogP contribution in [0.1, 0.15) is 6.92 Å². The Morgan fingerprint density at radius 2 is 2.07 bits per heavy atom. The van der Waals surface area contributed by atoms with Crippen molar-refractivity contribution in [1.82, 2.24) is 4.72 Å². The fraction of sp³-hybridized carbons (Fsp3) is 0.125. The summed E-state index contributed by atoms with van der Waals surface area (Å²) in [6.45, 7) is 1.04. The summed E-state index contributed by atoms with van der Waals surface area (Å²) >= 11 is 2.99. The van der Waals surface area contributed by atoms with Crippen LogP contribution in [0.4, 0.5) is 4.39 Å². The average Bonchev–Trinajstić information content (AvgIpc) is 1.99. The van der Waals surface area contributed by atoms with E-state index in [1.165, 1.54) is 6.07 Å². The Balaban J connectivity index is 3.22. The molecule has 4 nitrogen and oxygen atoms in total. The Kier molecular flexibility index (Phi) is 3.46. The Morgan fingerprint density at radius 1 is 1.47 bits per heavy atom. The van der Waals surface area contributed by atoms with Crippen LogP contribution in [0.15, 0.2) is 27.6 Å². The third kappa shape index (κ3) is 3.00. The van der Waals surface area contributed by atoms with Gasteiger partial charge < -0.3 is 0 Å². The molecule has 0 bridgehead atoms. The molecule has 0 radical (unpaired) electrons. The normalized spacial score (nSPS) is 11.1. The highest BCUT2D eigenvalue weighted by molar-refractivity contribution is 9.10. The predicted octanol–water partition coefficient (Wildman–Crippen LogP) is 1.41. The molecule has 0 aliphatic carbocycles. The maximum absolute atomic E-state index is 13.2. The van der Waals surface area contributed by atoms with Crippen molar-refractivity contribution in [3.8, 4) is 0 Å². The lowest BCUT2D eigenvalue weighted by molar-refractivity contribution is -0.117. The molecule has 1 aromatic rings. The molecule has 15 heavy (non-hydrogen) atoms. The number of hydrogen-bond acceptors (Lipinski definition) is 3. The highest BCUT2D eigenvalue weighted by Crippen LogP contribution is 2.18. The summed E-state index contributed by atoms with van der Waals surface area (Å²) in [5.74, 6) is -1.68. The van der Waals surface area contributed by atoms with Gasteiger partial charge in [-0.05, 0) is 18.2 Å². The quantitative estimate of drug-likeness (QED) is 0.897. The Hall–Kier alpha value is -0.950. The van der Waals surface area contributed by atoms with Gasteiger partial charge in [0, 0.05) is 11.4 Å². The van der Waals surface area contributed by atoms with Crippen molar-refractivity contribution in [3.05, 3.63) is 28.5 Å². The van der Waals surface area contributed by atoms with Gasteiger partial charge in [-0.3, -0.25) is 4.79 Å². The maximum Gasteiger partial charge on any atom is 0.266 e. The molecule has 0 fully saturated rings. The number of benzene rings is 1. The Labute approximate surface area is 94.7 Å². The first-order valence-corrected chi connectivity index (χ1v) is 6.09. The van der Waals surface area contributed by atoms with Crippen molar-refractivity contribution in [3.63, 3.8) is 0 Å². The van der Waals surface area contributed by atoms with E-state index in [-0.39, 0.29) is 0 Å². The molecule has 1 N–H and O–H groups in total. The largest absolute Gasteiger partial charge is 0.274 e. The molecule has 0 heterocycles. The van der Waals surface area contributed by atoms with Crippen LogP contribution in [0.5, 0.6) is 0 Å². The fourth-order valence-corrected chi connectivity index (χ4v) is 2.32. The molecule has 0 saturated heterocycles. The van der Waals surface area contributed by atoms with Gasteiger partial charge in [-0.25, -0.2) is 17.5 Å². The van der Waals surface area contributed by atoms with Crippen LogP contribution in [-0.4, -0.2) is 14.3 Å². The number of halogens is 2. The van der Waals surface area contributed by atoms with Gasteiger partial charge in [0.2, 0.25) is 5.91 Å². The Morgan fingerprint density at radius 3 is 2.53 bits per heavy atom. The highest BCUT2D eigenvalue weighted by atomic mass is 79.9. The van der Waals surface area contributed by atoms with Gasteiger partial charge in [0.25, 0.3) is 10.0 Å². The molecule has 0 aliphatic heterocycles. The number of carbonyl (C=O) groups is 1. The van der Waals surface area contributed by atoms with Crippen molar-refractivity contribution in [2.24, 2.45) is 0 Å². The lowest BCUT2D eigenvalue weighted by atomic mass is 10.3. The number of hydrogen-bond donors (Lipinski definition) is 1. The second-order valence-corrected chi connectivity index (χ2v) is 5.30. The minimum absolute atomic E-state index is 0.418. The molecule has 1 rings (SSSR count). The van der Waals surface area contributed by atoms with Crippen molar-refractivity contribution >= 4 is 31.9 Å². The Bertz CT molecular complexity index is 501. The molecule has 0 aromatic heterocycles. The summed E-state index contributed by atoms with van der Waals surface area (Å²) in [5.41, 5.74) is 0. The van der Waals surface area contributed by atoms with Crippen molar-refractivity contribution in [2.45, 2.75) is 11.8 Å². The van der Waals surface area contributed by atoms with E-state index in [0.29, 0.717) is 4.47 Å². The monoisotopic (exact) mass is 295 g/mol. The van der Waals surface area contributed by atoms with Gasteiger partial charge in [0.1, 0.15) is 10.7 Å². The lowest BCUT2D eigenvalue weighted by Gasteiger charge is -2.05. The summed E-state index contributed by atoms with van der Waals surface area (Å²) in [7, 11) is -4.10. The zero-order valence-corrected chi connectivity index (χ0v) is 10.0. The topological polar surface area (TPSA) is 63.2 Å². The maximum atomic E-state index is 13.2. The number of sulfonamides is 1. The third-order valence-corrected chi connectivity index (χ3v) is 3.42. The van der Waals surface area contributed by atoms with Crippen LogP contribution >= 0.6 is 15.9 Å². The summed E-state index contributed by atoms with van der Waals surface area (Å²) in [4.78, 5) is 10.0. The van der Waals surface area contributed by atoms with E-state index in [0.717, 1.165) is 19.1 Å². The molecular formula is C8H7BrFNO3S. The molecule has 1 aromatic carbocycles. The first-order chi connectivity index (χ1) is 6.83. The second-order valence-electron chi connectivity index (χ2n) is 2.74. The van der Waals surface area contributed by atoms with Crippen LogP contribution in [0, 0.1) is 5.82 Å². The highest BCUT2D eigenvalue weighted by Gasteiger charge is 2.19. The van der Waals surface area contributed by atoms with Gasteiger partial charge in [-0.15, -0.1) is 0 Å². The van der Waals surface area contributed by atoms with Crippen molar-refractivity contribution < 1.29 is 17.6 Å². The zero-order chi connectivity index (χ0) is 11.6. The lowest BCUT2D eigenvalue weighted by Crippen LogP contribution is -2.28. The van der Waals surface area contributed by atoms with Crippen LogP contribution in [0.3, 0.4) is 0 Å². The van der Waals surface area contributed by atoms with Gasteiger partial charge in [0.05, 0.1) is 0 Å². The van der Waals surface area contributed by atoms with E-state index >= 15 is 0 Å². The zero-order valence-electron chi connectivity index (χ0n) is 7.62. The molecule has 0 spiro atoms. The number of nitrogens with one attached hydrogen (secondary N) is 1. The first-order valence-electron chi connectivity index (χ1n) is 3.81. The molecule has 82 valence electrons. The predicted molar refractivity (Wildman–Crippen MR) is 55.1 cm³/mol. The second kappa shape index (κ2) is 4.28. The van der Waals surface area contributed by atoms with E-state index in [9.17, 15) is 17.6 Å². The summed E-state index contributed by atoms with van der Waals surface area (Å²) < 4.78 is 38.1. The van der Waals surface area contributed by atoms with E-state index in [4.69, 9.17) is 0 Å². The van der Waals surface area contributed by atoms with Crippen LogP contribution in [0.25, 0.3) is 0 Å². The molecule has 1 amide bonds. The number of amides is 1. The smallest absolute Gasteiger partial charge is 0.266 e. The van der Waals surface area contributed by atoms with Crippen LogP contribution in [-0.2, 0) is 14.8 Å². The molecule has 0 unspecified atom stereocenters. The standard InChI is InChI=1S/C8H7BrFNO3S/c1-5(12)11-15(13,14)8-3-2-6(9)4-7(8)10/h2-4H,1H3,(H,11,12). The van der Waals surface area contributed by atoms with Crippen LogP contribution in [0.2, 0.25) is 0 Å². The number of carbonyl (C=O) groups excluding carboxylic acids is 1. The summed E-state index contributed by atoms with van der Waals surface area (Å²) in [5, 5.41) is 0. The molecule has 7 heteroatoms. The fourth-order valence-electron chi connectivity index (χ4n) is 0.937. The molecular weight excluding hydrogens is 289 g/mol. The van der Waals surface area contributed by atoms with E-state index in [1.807, 2.05) is 0 Å². The average molecular weight is 296 g/mol. The van der Waals surface area contributed by atoms with Gasteiger partial charge in [0.15, 0.2) is 0 Å². The van der Waals surface area contributed by atoms with Gasteiger partial charge in [-0.2, -0.15) is 0 Å². The number of rotatable bonds is 2. The third-order valence-electron chi connectivity index (χ3n) is 1.46. The van der Waals surface area contributed by atoms with Gasteiger partial charge >= 0.3 is 0 Å². The van der Waals surface area contributed by atoms with Crippen molar-refractivity contribution in [1.29, 1.82) is 0 Å².